The van der Waals surface area contributed by atoms with Crippen molar-refractivity contribution < 1.29 is 9.53 Å². The summed E-state index contributed by atoms with van der Waals surface area (Å²) < 4.78 is 7.96. The summed E-state index contributed by atoms with van der Waals surface area (Å²) in [5, 5.41) is 4.78. The molecule has 7 nitrogen and oxygen atoms in total. The number of carbonyl (C=O) groups is 1. The highest BCUT2D eigenvalue weighted by molar-refractivity contribution is 7.13. The number of esters is 1. The minimum Gasteiger partial charge on any atom is -0.465 e. The van der Waals surface area contributed by atoms with Crippen molar-refractivity contribution in [2.45, 2.75) is 32.9 Å². The van der Waals surface area contributed by atoms with Crippen molar-refractivity contribution >= 4 is 28.3 Å². The predicted molar refractivity (Wildman–Crippen MR) is 91.5 cm³/mol. The van der Waals surface area contributed by atoms with E-state index in [1.165, 1.54) is 29.3 Å². The van der Waals surface area contributed by atoms with Gasteiger partial charge in [-0.1, -0.05) is 0 Å². The molecule has 0 spiro atoms. The van der Waals surface area contributed by atoms with Crippen LogP contribution < -0.4 is 5.56 Å². The quantitative estimate of drug-likeness (QED) is 0.680. The summed E-state index contributed by atoms with van der Waals surface area (Å²) in [5.74, 6) is -0.376. The first-order valence-corrected chi connectivity index (χ1v) is 8.23. The largest absolute Gasteiger partial charge is 0.465 e. The van der Waals surface area contributed by atoms with Crippen molar-refractivity contribution in [1.29, 1.82) is 0 Å². The van der Waals surface area contributed by atoms with Crippen molar-refractivity contribution in [2.24, 2.45) is 0 Å². The molecule has 0 fully saturated rings. The van der Waals surface area contributed by atoms with E-state index in [1.807, 2.05) is 26.8 Å². The second-order valence-electron chi connectivity index (χ2n) is 6.40. The molecule has 0 amide bonds. The lowest BCUT2D eigenvalue weighted by Crippen LogP contribution is -2.25. The lowest BCUT2D eigenvalue weighted by Gasteiger charge is -2.19. The third-order valence-electron chi connectivity index (χ3n) is 3.56. The molecule has 0 atom stereocenters. The van der Waals surface area contributed by atoms with Gasteiger partial charge in [0, 0.05) is 4.88 Å². The summed E-state index contributed by atoms with van der Waals surface area (Å²) in [6.07, 6.45) is 3.08. The lowest BCUT2D eigenvalue weighted by atomic mass is 10.1. The number of hydrogen-bond donors (Lipinski definition) is 0. The van der Waals surface area contributed by atoms with Crippen LogP contribution in [0, 0.1) is 0 Å². The number of nitrogens with zero attached hydrogens (tertiary/aromatic N) is 4. The van der Waals surface area contributed by atoms with E-state index in [4.69, 9.17) is 4.74 Å². The molecule has 3 heterocycles. The maximum absolute atomic E-state index is 12.7. The number of rotatable bonds is 3. The number of fused-ring (bicyclic) bond motifs is 1. The summed E-state index contributed by atoms with van der Waals surface area (Å²) >= 11 is 1.30. The lowest BCUT2D eigenvalue weighted by molar-refractivity contribution is 0.0606. The van der Waals surface area contributed by atoms with Gasteiger partial charge in [-0.2, -0.15) is 5.10 Å². The summed E-state index contributed by atoms with van der Waals surface area (Å²) in [4.78, 5) is 30.0. The molecule has 0 saturated carbocycles. The standard InChI is InChI=1S/C16H18N4O3S/c1-16(2,3)20-13-11(7-18-20)14(21)19(9-17-13)8-10-5-6-12(24-10)15(22)23-4/h5-7,9H,8H2,1-4H3. The maximum Gasteiger partial charge on any atom is 0.348 e. The fourth-order valence-electron chi connectivity index (χ4n) is 2.39. The van der Waals surface area contributed by atoms with E-state index in [1.54, 1.807) is 16.9 Å². The third kappa shape index (κ3) is 2.84. The smallest absolute Gasteiger partial charge is 0.348 e. The molecule has 3 rings (SSSR count). The molecule has 0 N–H and O–H groups in total. The summed E-state index contributed by atoms with van der Waals surface area (Å²) in [7, 11) is 1.34. The Bertz CT molecular complexity index is 962. The van der Waals surface area contributed by atoms with Crippen molar-refractivity contribution in [3.8, 4) is 0 Å². The van der Waals surface area contributed by atoms with Crippen molar-refractivity contribution in [3.63, 3.8) is 0 Å². The monoisotopic (exact) mass is 346 g/mol. The van der Waals surface area contributed by atoms with Crippen LogP contribution >= 0.6 is 11.3 Å². The molecular weight excluding hydrogens is 328 g/mol. The first kappa shape index (κ1) is 16.4. The van der Waals surface area contributed by atoms with Gasteiger partial charge in [0.25, 0.3) is 5.56 Å². The summed E-state index contributed by atoms with van der Waals surface area (Å²) in [6, 6.07) is 3.51. The Balaban J connectivity index is 1.97. The van der Waals surface area contributed by atoms with Crippen LogP contribution in [0.4, 0.5) is 0 Å². The van der Waals surface area contributed by atoms with E-state index in [9.17, 15) is 9.59 Å². The number of thiophene rings is 1. The molecule has 126 valence electrons. The highest BCUT2D eigenvalue weighted by Gasteiger charge is 2.20. The van der Waals surface area contributed by atoms with Gasteiger partial charge >= 0.3 is 5.97 Å². The molecule has 0 aliphatic heterocycles. The van der Waals surface area contributed by atoms with Crippen LogP contribution in [-0.4, -0.2) is 32.4 Å². The van der Waals surface area contributed by atoms with Crippen LogP contribution in [0.1, 0.15) is 35.3 Å². The molecule has 0 saturated heterocycles. The normalized spacial score (nSPS) is 11.8. The van der Waals surface area contributed by atoms with Gasteiger partial charge in [0.15, 0.2) is 5.65 Å². The first-order valence-electron chi connectivity index (χ1n) is 7.42. The Morgan fingerprint density at radius 2 is 2.08 bits per heavy atom. The fraction of sp³-hybridized carbons (Fsp3) is 0.375. The van der Waals surface area contributed by atoms with E-state index >= 15 is 0 Å². The van der Waals surface area contributed by atoms with Crippen LogP contribution in [0.15, 0.2) is 29.5 Å². The molecule has 3 aromatic rings. The van der Waals surface area contributed by atoms with E-state index in [2.05, 4.69) is 10.1 Å². The molecule has 0 aliphatic carbocycles. The number of carbonyl (C=O) groups excluding carboxylic acids is 1. The molecule has 0 aliphatic rings. The third-order valence-corrected chi connectivity index (χ3v) is 4.61. The average Bonchev–Trinajstić information content (AvgIpc) is 3.16. The zero-order valence-electron chi connectivity index (χ0n) is 13.9. The van der Waals surface area contributed by atoms with Crippen LogP contribution in [0.2, 0.25) is 0 Å². The topological polar surface area (TPSA) is 79.0 Å². The number of aromatic nitrogens is 4. The number of hydrogen-bond acceptors (Lipinski definition) is 6. The van der Waals surface area contributed by atoms with Gasteiger partial charge in [-0.05, 0) is 32.9 Å². The van der Waals surface area contributed by atoms with Gasteiger partial charge in [0.1, 0.15) is 16.6 Å². The minimum absolute atomic E-state index is 0.150. The van der Waals surface area contributed by atoms with Crippen molar-refractivity contribution in [1.82, 2.24) is 19.3 Å². The van der Waals surface area contributed by atoms with Gasteiger partial charge < -0.3 is 4.74 Å². The first-order chi connectivity index (χ1) is 11.3. The van der Waals surface area contributed by atoms with E-state index < -0.39 is 0 Å². The number of methoxy groups -OCH3 is 1. The van der Waals surface area contributed by atoms with Crippen LogP contribution in [-0.2, 0) is 16.8 Å². The zero-order chi connectivity index (χ0) is 17.5. The molecule has 0 aromatic carbocycles. The van der Waals surface area contributed by atoms with Gasteiger partial charge in [0.2, 0.25) is 0 Å². The van der Waals surface area contributed by atoms with Gasteiger partial charge in [-0.25, -0.2) is 14.5 Å². The van der Waals surface area contributed by atoms with E-state index in [0.717, 1.165) is 4.88 Å². The summed E-state index contributed by atoms with van der Waals surface area (Å²) in [6.45, 7) is 6.37. The Kier molecular flexibility index (Phi) is 4.00. The van der Waals surface area contributed by atoms with Gasteiger partial charge in [-0.15, -0.1) is 11.3 Å². The predicted octanol–water partition coefficient (Wildman–Crippen LogP) is 2.24. The Labute approximate surface area is 142 Å². The fourth-order valence-corrected chi connectivity index (χ4v) is 3.32. The molecule has 3 aromatic heterocycles. The molecule has 0 unspecified atom stereocenters. The van der Waals surface area contributed by atoms with E-state index in [-0.39, 0.29) is 17.1 Å². The Morgan fingerprint density at radius 1 is 1.33 bits per heavy atom. The zero-order valence-corrected chi connectivity index (χ0v) is 14.8. The molecule has 0 radical (unpaired) electrons. The molecule has 0 bridgehead atoms. The van der Waals surface area contributed by atoms with Gasteiger partial charge in [0.05, 0.1) is 25.4 Å². The second-order valence-corrected chi connectivity index (χ2v) is 7.57. The Morgan fingerprint density at radius 3 is 2.75 bits per heavy atom. The molecular formula is C16H18N4O3S. The van der Waals surface area contributed by atoms with Crippen LogP contribution in [0.3, 0.4) is 0 Å². The van der Waals surface area contributed by atoms with E-state index in [0.29, 0.717) is 22.5 Å². The number of ether oxygens (including phenoxy) is 1. The average molecular weight is 346 g/mol. The maximum atomic E-state index is 12.7. The SMILES string of the molecule is COC(=O)c1ccc(Cn2cnc3c(cnn3C(C)(C)C)c2=O)s1. The minimum atomic E-state index is -0.376. The Hall–Kier alpha value is -2.48. The highest BCUT2D eigenvalue weighted by atomic mass is 32.1. The van der Waals surface area contributed by atoms with Crippen molar-refractivity contribution in [2.75, 3.05) is 7.11 Å². The van der Waals surface area contributed by atoms with Gasteiger partial charge in [-0.3, -0.25) is 9.36 Å². The van der Waals surface area contributed by atoms with Crippen LogP contribution in [0.25, 0.3) is 11.0 Å². The highest BCUT2D eigenvalue weighted by Crippen LogP contribution is 2.20. The van der Waals surface area contributed by atoms with Crippen LogP contribution in [0.5, 0.6) is 0 Å². The molecule has 24 heavy (non-hydrogen) atoms. The second kappa shape index (κ2) is 5.86. The molecule has 8 heteroatoms. The van der Waals surface area contributed by atoms with Crippen molar-refractivity contribution in [3.05, 3.63) is 44.8 Å². The summed E-state index contributed by atoms with van der Waals surface area (Å²) in [5.41, 5.74) is 0.171.